The highest BCUT2D eigenvalue weighted by Gasteiger charge is 2.24. The SMILES string of the molecule is O=C(O)c1ccc2c(c1)nc(-c1cccc(C(=O)Nc3cccnc3)c1)n2C1CCCC1. The number of carbonyl (C=O) groups excluding carboxylic acids is 1. The van der Waals surface area contributed by atoms with E-state index in [9.17, 15) is 14.7 Å². The Balaban J connectivity index is 1.57. The molecule has 0 bridgehead atoms. The van der Waals surface area contributed by atoms with Crippen molar-refractivity contribution < 1.29 is 14.7 Å². The Bertz CT molecular complexity index is 1310. The van der Waals surface area contributed by atoms with Gasteiger partial charge < -0.3 is 15.0 Å². The average molecular weight is 426 g/mol. The fourth-order valence-corrected chi connectivity index (χ4v) is 4.41. The minimum atomic E-state index is -0.974. The summed E-state index contributed by atoms with van der Waals surface area (Å²) in [5, 5.41) is 12.2. The molecule has 0 radical (unpaired) electrons. The zero-order chi connectivity index (χ0) is 22.1. The van der Waals surface area contributed by atoms with Gasteiger partial charge in [-0.1, -0.05) is 25.0 Å². The molecule has 2 N–H and O–H groups in total. The van der Waals surface area contributed by atoms with E-state index in [1.165, 1.54) is 0 Å². The molecule has 0 atom stereocenters. The summed E-state index contributed by atoms with van der Waals surface area (Å²) in [5.41, 5.74) is 3.75. The van der Waals surface area contributed by atoms with Gasteiger partial charge in [-0.2, -0.15) is 0 Å². The van der Waals surface area contributed by atoms with E-state index in [-0.39, 0.29) is 11.5 Å². The third-order valence-electron chi connectivity index (χ3n) is 5.93. The topological polar surface area (TPSA) is 97.1 Å². The second kappa shape index (κ2) is 8.26. The van der Waals surface area contributed by atoms with Crippen LogP contribution in [0, 0.1) is 0 Å². The molecule has 4 aromatic rings. The van der Waals surface area contributed by atoms with Gasteiger partial charge in [0.2, 0.25) is 0 Å². The zero-order valence-electron chi connectivity index (χ0n) is 17.4. The normalized spacial score (nSPS) is 14.0. The first-order chi connectivity index (χ1) is 15.6. The Morgan fingerprint density at radius 2 is 1.84 bits per heavy atom. The van der Waals surface area contributed by atoms with Crippen molar-refractivity contribution in [2.24, 2.45) is 0 Å². The second-order valence-electron chi connectivity index (χ2n) is 8.03. The Morgan fingerprint density at radius 3 is 2.59 bits per heavy atom. The number of carboxylic acids is 1. The monoisotopic (exact) mass is 426 g/mol. The van der Waals surface area contributed by atoms with Crippen molar-refractivity contribution in [1.29, 1.82) is 0 Å². The van der Waals surface area contributed by atoms with E-state index in [4.69, 9.17) is 4.98 Å². The first-order valence-corrected chi connectivity index (χ1v) is 10.7. The molecule has 7 nitrogen and oxygen atoms in total. The number of carbonyl (C=O) groups is 2. The highest BCUT2D eigenvalue weighted by molar-refractivity contribution is 6.05. The summed E-state index contributed by atoms with van der Waals surface area (Å²) in [7, 11) is 0. The summed E-state index contributed by atoms with van der Waals surface area (Å²) in [6.07, 6.45) is 7.68. The number of carboxylic acid groups (broad SMARTS) is 1. The van der Waals surface area contributed by atoms with Crippen LogP contribution in [0.4, 0.5) is 5.69 Å². The van der Waals surface area contributed by atoms with Gasteiger partial charge in [0.1, 0.15) is 5.82 Å². The highest BCUT2D eigenvalue weighted by atomic mass is 16.4. The number of nitrogens with one attached hydrogen (secondary N) is 1. The molecule has 0 unspecified atom stereocenters. The van der Waals surface area contributed by atoms with Gasteiger partial charge in [0.05, 0.1) is 28.5 Å². The smallest absolute Gasteiger partial charge is 0.335 e. The number of nitrogens with zero attached hydrogens (tertiary/aromatic N) is 3. The molecule has 1 fully saturated rings. The molecule has 2 aromatic carbocycles. The van der Waals surface area contributed by atoms with Gasteiger partial charge in [-0.15, -0.1) is 0 Å². The van der Waals surface area contributed by atoms with Crippen molar-refractivity contribution in [3.05, 3.63) is 78.1 Å². The van der Waals surface area contributed by atoms with E-state index in [0.29, 0.717) is 22.8 Å². The molecule has 2 aromatic heterocycles. The lowest BCUT2D eigenvalue weighted by atomic mass is 10.1. The molecular weight excluding hydrogens is 404 g/mol. The van der Waals surface area contributed by atoms with Crippen LogP contribution in [0.3, 0.4) is 0 Å². The van der Waals surface area contributed by atoms with Gasteiger partial charge in [0.15, 0.2) is 0 Å². The summed E-state index contributed by atoms with van der Waals surface area (Å²) in [6, 6.07) is 16.3. The standard InChI is InChI=1S/C25H22N4O3/c30-24(27-19-7-4-12-26-15-19)17-6-3-5-16(13-17)23-28-21-14-18(25(31)32)10-11-22(21)29(23)20-8-1-2-9-20/h3-7,10-15,20H,1-2,8-9H2,(H,27,30)(H,31,32). The number of benzene rings is 2. The molecule has 1 saturated carbocycles. The van der Waals surface area contributed by atoms with Crippen LogP contribution >= 0.6 is 0 Å². The Hall–Kier alpha value is -4.00. The number of hydrogen-bond acceptors (Lipinski definition) is 4. The molecule has 160 valence electrons. The Labute approximate surface area is 184 Å². The first-order valence-electron chi connectivity index (χ1n) is 10.7. The maximum Gasteiger partial charge on any atom is 0.335 e. The molecule has 0 spiro atoms. The minimum absolute atomic E-state index is 0.213. The number of fused-ring (bicyclic) bond motifs is 1. The molecule has 2 heterocycles. The van der Waals surface area contributed by atoms with Crippen LogP contribution in [-0.4, -0.2) is 31.5 Å². The summed E-state index contributed by atoms with van der Waals surface area (Å²) >= 11 is 0. The summed E-state index contributed by atoms with van der Waals surface area (Å²) in [5.74, 6) is -0.444. The zero-order valence-corrected chi connectivity index (χ0v) is 17.4. The van der Waals surface area contributed by atoms with Gasteiger partial charge in [-0.3, -0.25) is 9.78 Å². The van der Waals surface area contributed by atoms with Crippen molar-refractivity contribution >= 4 is 28.6 Å². The van der Waals surface area contributed by atoms with E-state index >= 15 is 0 Å². The van der Waals surface area contributed by atoms with E-state index in [1.54, 1.807) is 42.7 Å². The predicted octanol–water partition coefficient (Wildman–Crippen LogP) is 5.16. The van der Waals surface area contributed by atoms with Crippen molar-refractivity contribution in [3.63, 3.8) is 0 Å². The van der Waals surface area contributed by atoms with Gasteiger partial charge in [0.25, 0.3) is 5.91 Å². The number of imidazole rings is 1. The number of anilines is 1. The van der Waals surface area contributed by atoms with Gasteiger partial charge >= 0.3 is 5.97 Å². The number of aromatic carboxylic acids is 1. The molecule has 0 aliphatic heterocycles. The molecule has 1 aliphatic rings. The van der Waals surface area contributed by atoms with E-state index in [1.807, 2.05) is 24.3 Å². The maximum atomic E-state index is 12.8. The predicted molar refractivity (Wildman–Crippen MR) is 122 cm³/mol. The average Bonchev–Trinajstić information content (AvgIpc) is 3.47. The van der Waals surface area contributed by atoms with Crippen molar-refractivity contribution in [3.8, 4) is 11.4 Å². The molecule has 0 saturated heterocycles. The summed E-state index contributed by atoms with van der Waals surface area (Å²) in [4.78, 5) is 33.1. The number of amides is 1. The number of pyridine rings is 1. The largest absolute Gasteiger partial charge is 0.478 e. The van der Waals surface area contributed by atoms with Crippen LogP contribution in [0.5, 0.6) is 0 Å². The first kappa shape index (κ1) is 19.9. The number of aromatic nitrogens is 3. The maximum absolute atomic E-state index is 12.8. The van der Waals surface area contributed by atoms with Crippen LogP contribution in [0.2, 0.25) is 0 Å². The van der Waals surface area contributed by atoms with Crippen LogP contribution in [0.15, 0.2) is 67.0 Å². The van der Waals surface area contributed by atoms with Crippen LogP contribution < -0.4 is 5.32 Å². The number of rotatable bonds is 5. The van der Waals surface area contributed by atoms with Gasteiger partial charge in [-0.05, 0) is 55.3 Å². The summed E-state index contributed by atoms with van der Waals surface area (Å²) < 4.78 is 2.21. The van der Waals surface area contributed by atoms with E-state index in [2.05, 4.69) is 14.9 Å². The van der Waals surface area contributed by atoms with Gasteiger partial charge in [-0.25, -0.2) is 9.78 Å². The quantitative estimate of drug-likeness (QED) is 0.459. The second-order valence-corrected chi connectivity index (χ2v) is 8.03. The number of hydrogen-bond donors (Lipinski definition) is 2. The lowest BCUT2D eigenvalue weighted by molar-refractivity contribution is 0.0696. The van der Waals surface area contributed by atoms with Crippen LogP contribution in [-0.2, 0) is 0 Å². The molecule has 1 aliphatic carbocycles. The Morgan fingerprint density at radius 1 is 1.00 bits per heavy atom. The Kier molecular flexibility index (Phi) is 5.15. The fraction of sp³-hybridized carbons (Fsp3) is 0.200. The minimum Gasteiger partial charge on any atom is -0.478 e. The fourth-order valence-electron chi connectivity index (χ4n) is 4.41. The van der Waals surface area contributed by atoms with Gasteiger partial charge in [0, 0.05) is 23.4 Å². The van der Waals surface area contributed by atoms with Crippen LogP contribution in [0.25, 0.3) is 22.4 Å². The van der Waals surface area contributed by atoms with Crippen molar-refractivity contribution in [1.82, 2.24) is 14.5 Å². The molecular formula is C25H22N4O3. The highest BCUT2D eigenvalue weighted by Crippen LogP contribution is 2.37. The van der Waals surface area contributed by atoms with Crippen molar-refractivity contribution in [2.75, 3.05) is 5.32 Å². The van der Waals surface area contributed by atoms with E-state index < -0.39 is 5.97 Å². The molecule has 7 heteroatoms. The third kappa shape index (κ3) is 3.73. The van der Waals surface area contributed by atoms with Crippen LogP contribution in [0.1, 0.15) is 52.4 Å². The van der Waals surface area contributed by atoms with E-state index in [0.717, 1.165) is 42.6 Å². The lowest BCUT2D eigenvalue weighted by Crippen LogP contribution is -2.12. The summed E-state index contributed by atoms with van der Waals surface area (Å²) in [6.45, 7) is 0. The lowest BCUT2D eigenvalue weighted by Gasteiger charge is -2.17. The molecule has 1 amide bonds. The third-order valence-corrected chi connectivity index (χ3v) is 5.93. The molecule has 32 heavy (non-hydrogen) atoms. The van der Waals surface area contributed by atoms with Crippen molar-refractivity contribution in [2.45, 2.75) is 31.7 Å². The molecule has 5 rings (SSSR count).